The molecule has 0 radical (unpaired) electrons. The zero-order valence-corrected chi connectivity index (χ0v) is 7.94. The van der Waals surface area contributed by atoms with E-state index < -0.39 is 17.4 Å². The molecule has 0 heterocycles. The summed E-state index contributed by atoms with van der Waals surface area (Å²) in [5, 5.41) is 7.14. The van der Waals surface area contributed by atoms with Crippen LogP contribution in [0.2, 0.25) is 0 Å². The molecule has 0 aliphatic carbocycles. The first-order valence-electron chi connectivity index (χ1n) is 3.81. The Labute approximate surface area is 79.7 Å². The van der Waals surface area contributed by atoms with Gasteiger partial charge in [0.1, 0.15) is 17.1 Å². The molecule has 4 nitrogen and oxygen atoms in total. The van der Waals surface area contributed by atoms with E-state index in [9.17, 15) is 13.2 Å². The van der Waals surface area contributed by atoms with Crippen LogP contribution >= 0.6 is 0 Å². The van der Waals surface area contributed by atoms with Crippen LogP contribution in [0.1, 0.15) is 13.8 Å². The lowest BCUT2D eigenvalue weighted by molar-refractivity contribution is -0.186. The van der Waals surface area contributed by atoms with Gasteiger partial charge in [-0.25, -0.2) is 4.99 Å². The van der Waals surface area contributed by atoms with Gasteiger partial charge in [0.25, 0.3) is 0 Å². The Hall–Kier alpha value is -1.11. The van der Waals surface area contributed by atoms with Crippen molar-refractivity contribution in [1.29, 1.82) is 5.41 Å². The summed E-state index contributed by atoms with van der Waals surface area (Å²) in [5.41, 5.74) is 7.86. The van der Waals surface area contributed by atoms with Gasteiger partial charge in [-0.1, -0.05) is 0 Å². The van der Waals surface area contributed by atoms with Crippen LogP contribution in [0.4, 0.5) is 13.2 Å². The van der Waals surface area contributed by atoms with Crippen LogP contribution in [0, 0.1) is 10.8 Å². The van der Waals surface area contributed by atoms with Crippen molar-refractivity contribution in [2.75, 3.05) is 6.54 Å². The van der Waals surface area contributed by atoms with Crippen molar-refractivity contribution < 1.29 is 13.2 Å². The highest BCUT2D eigenvalue weighted by molar-refractivity contribution is 5.98. The summed E-state index contributed by atoms with van der Waals surface area (Å²) < 4.78 is 37.1. The Morgan fingerprint density at radius 2 is 1.79 bits per heavy atom. The number of hydrogen-bond acceptors (Lipinski definition) is 2. The van der Waals surface area contributed by atoms with Crippen LogP contribution in [0.3, 0.4) is 0 Å². The molecule has 0 saturated heterocycles. The first kappa shape index (κ1) is 12.9. The Bertz CT molecular complexity index is 254. The Balaban J connectivity index is 4.87. The van der Waals surface area contributed by atoms with Crippen LogP contribution in [-0.2, 0) is 0 Å². The highest BCUT2D eigenvalue weighted by Crippen LogP contribution is 2.38. The van der Waals surface area contributed by atoms with Gasteiger partial charge in [0.2, 0.25) is 0 Å². The normalized spacial score (nSPS) is 14.3. The second-order valence-electron chi connectivity index (χ2n) is 3.28. The molecule has 0 bridgehead atoms. The van der Waals surface area contributed by atoms with E-state index in [1.807, 2.05) is 0 Å². The lowest BCUT2D eigenvalue weighted by Crippen LogP contribution is -2.40. The highest BCUT2D eigenvalue weighted by atomic mass is 19.4. The van der Waals surface area contributed by atoms with Crippen LogP contribution in [0.5, 0.6) is 0 Å². The molecule has 0 aromatic heterocycles. The van der Waals surface area contributed by atoms with Crippen molar-refractivity contribution >= 4 is 11.7 Å². The van der Waals surface area contributed by atoms with Crippen molar-refractivity contribution in [1.82, 2.24) is 0 Å². The first-order chi connectivity index (χ1) is 6.13. The maximum absolute atomic E-state index is 12.4. The van der Waals surface area contributed by atoms with Gasteiger partial charge in [-0.05, 0) is 13.8 Å². The first-order valence-corrected chi connectivity index (χ1v) is 3.81. The maximum Gasteiger partial charge on any atom is 0.400 e. The molecule has 0 aromatic carbocycles. The third-order valence-electron chi connectivity index (χ3n) is 1.77. The van der Waals surface area contributed by atoms with Crippen LogP contribution < -0.4 is 11.5 Å². The quantitative estimate of drug-likeness (QED) is 0.466. The van der Waals surface area contributed by atoms with Gasteiger partial charge in [-0.2, -0.15) is 13.2 Å². The molecule has 0 spiro atoms. The fourth-order valence-corrected chi connectivity index (χ4v) is 0.463. The Kier molecular flexibility index (Phi) is 3.64. The van der Waals surface area contributed by atoms with E-state index in [4.69, 9.17) is 16.9 Å². The second-order valence-corrected chi connectivity index (χ2v) is 3.28. The molecule has 5 N–H and O–H groups in total. The molecule has 0 rings (SSSR count). The molecule has 82 valence electrons. The molecule has 0 unspecified atom stereocenters. The molecule has 0 aliphatic heterocycles. The number of nitrogens with zero attached hydrogens (tertiary/aromatic N) is 1. The molecule has 7 heteroatoms. The summed E-state index contributed by atoms with van der Waals surface area (Å²) >= 11 is 0. The van der Waals surface area contributed by atoms with Gasteiger partial charge < -0.3 is 11.5 Å². The molecule has 0 fully saturated rings. The van der Waals surface area contributed by atoms with Crippen molar-refractivity contribution in [2.45, 2.75) is 20.0 Å². The van der Waals surface area contributed by atoms with Crippen molar-refractivity contribution in [2.24, 2.45) is 21.9 Å². The zero-order chi connectivity index (χ0) is 11.6. The number of alkyl halides is 3. The van der Waals surface area contributed by atoms with Gasteiger partial charge in [0.05, 0.1) is 6.54 Å². The van der Waals surface area contributed by atoms with Crippen LogP contribution in [0.15, 0.2) is 4.99 Å². The topological polar surface area (TPSA) is 88.2 Å². The zero-order valence-electron chi connectivity index (χ0n) is 7.94. The van der Waals surface area contributed by atoms with Crippen molar-refractivity contribution in [3.05, 3.63) is 0 Å². The molecule has 0 aromatic rings. The summed E-state index contributed by atoms with van der Waals surface area (Å²) in [6.07, 6.45) is -4.53. The number of rotatable bonds is 2. The van der Waals surface area contributed by atoms with Gasteiger partial charge in [0.15, 0.2) is 0 Å². The van der Waals surface area contributed by atoms with E-state index in [1.54, 1.807) is 0 Å². The van der Waals surface area contributed by atoms with Gasteiger partial charge in [0, 0.05) is 0 Å². The maximum atomic E-state index is 12.4. The monoisotopic (exact) mass is 210 g/mol. The number of nitrogens with one attached hydrogen (secondary N) is 1. The Morgan fingerprint density at radius 3 is 2.07 bits per heavy atom. The minimum absolute atomic E-state index is 0.170. The predicted octanol–water partition coefficient (Wildman–Crippen LogP) is 0.868. The van der Waals surface area contributed by atoms with E-state index >= 15 is 0 Å². The fraction of sp³-hybridized carbons (Fsp3) is 0.714. The third kappa shape index (κ3) is 2.69. The van der Waals surface area contributed by atoms with E-state index in [0.717, 1.165) is 13.8 Å². The number of nitrogens with two attached hydrogens (primary N) is 2. The molecule has 0 amide bonds. The number of hydrogen-bond donors (Lipinski definition) is 3. The standard InChI is InChI=1S/C7H13F3N4/c1-6(2,7(8,9)10)5(13)14-4(12)3-11/h3,11H2,1-2H3,(H3,12,13,14). The molecular weight excluding hydrogens is 197 g/mol. The largest absolute Gasteiger partial charge is 0.400 e. The van der Waals surface area contributed by atoms with Crippen LogP contribution in [0.25, 0.3) is 0 Å². The lowest BCUT2D eigenvalue weighted by Gasteiger charge is -2.26. The minimum Gasteiger partial charge on any atom is -0.386 e. The molecular formula is C7H13F3N4. The highest BCUT2D eigenvalue weighted by Gasteiger charge is 2.50. The summed E-state index contributed by atoms with van der Waals surface area (Å²) in [5.74, 6) is -1.03. The van der Waals surface area contributed by atoms with Crippen molar-refractivity contribution in [3.63, 3.8) is 0 Å². The van der Waals surface area contributed by atoms with E-state index in [-0.39, 0.29) is 12.4 Å². The minimum atomic E-state index is -4.53. The van der Waals surface area contributed by atoms with Gasteiger partial charge >= 0.3 is 6.18 Å². The summed E-state index contributed by atoms with van der Waals surface area (Å²) in [6.45, 7) is 1.56. The molecule has 14 heavy (non-hydrogen) atoms. The number of amidine groups is 2. The SMILES string of the molecule is CC(C)(C(=N)N=C(N)CN)C(F)(F)F. The van der Waals surface area contributed by atoms with Crippen molar-refractivity contribution in [3.8, 4) is 0 Å². The van der Waals surface area contributed by atoms with Crippen LogP contribution in [-0.4, -0.2) is 24.4 Å². The molecule has 0 aliphatic rings. The van der Waals surface area contributed by atoms with E-state index in [1.165, 1.54) is 0 Å². The average molecular weight is 210 g/mol. The lowest BCUT2D eigenvalue weighted by atomic mass is 9.91. The van der Waals surface area contributed by atoms with Gasteiger partial charge in [-0.3, -0.25) is 5.41 Å². The number of aliphatic imine (C=N–C) groups is 1. The summed E-state index contributed by atoms with van der Waals surface area (Å²) in [6, 6.07) is 0. The smallest absolute Gasteiger partial charge is 0.386 e. The van der Waals surface area contributed by atoms with E-state index in [2.05, 4.69) is 4.99 Å². The Morgan fingerprint density at radius 1 is 1.36 bits per heavy atom. The van der Waals surface area contributed by atoms with E-state index in [0.29, 0.717) is 0 Å². The second kappa shape index (κ2) is 3.95. The summed E-state index contributed by atoms with van der Waals surface area (Å²) in [7, 11) is 0. The predicted molar refractivity (Wildman–Crippen MR) is 48.2 cm³/mol. The number of halogens is 3. The summed E-state index contributed by atoms with van der Waals surface area (Å²) in [4.78, 5) is 3.27. The molecule has 0 saturated carbocycles. The fourth-order valence-electron chi connectivity index (χ4n) is 0.463. The average Bonchev–Trinajstić information content (AvgIpc) is 2.01. The molecule has 0 atom stereocenters. The van der Waals surface area contributed by atoms with Gasteiger partial charge in [-0.15, -0.1) is 0 Å². The third-order valence-corrected chi connectivity index (χ3v) is 1.77.